The maximum absolute atomic E-state index is 12.2. The van der Waals surface area contributed by atoms with Crippen molar-refractivity contribution in [1.82, 2.24) is 9.13 Å². The van der Waals surface area contributed by atoms with Crippen LogP contribution in [0.15, 0.2) is 40.7 Å². The van der Waals surface area contributed by atoms with Gasteiger partial charge in [-0.15, -0.1) is 0 Å². The van der Waals surface area contributed by atoms with Crippen LogP contribution in [0.5, 0.6) is 0 Å². The molecule has 5 heteroatoms. The zero-order valence-electron chi connectivity index (χ0n) is 11.9. The Labute approximate surface area is 117 Å². The first-order valence-corrected chi connectivity index (χ1v) is 6.51. The minimum absolute atomic E-state index is 0.0947. The lowest BCUT2D eigenvalue weighted by Gasteiger charge is -2.03. The molecule has 106 valence electrons. The van der Waals surface area contributed by atoms with Gasteiger partial charge in [0.2, 0.25) is 0 Å². The molecular formula is C15H18N2O3. The number of esters is 1. The summed E-state index contributed by atoms with van der Waals surface area (Å²) in [6, 6.07) is 7.59. The van der Waals surface area contributed by atoms with Crippen LogP contribution in [-0.2, 0) is 23.1 Å². The van der Waals surface area contributed by atoms with E-state index in [-0.39, 0.29) is 11.7 Å². The third kappa shape index (κ3) is 2.39. The number of aryl methyl sites for hydroxylation is 1. The first-order valence-electron chi connectivity index (χ1n) is 6.51. The first kappa shape index (κ1) is 14.1. The lowest BCUT2D eigenvalue weighted by atomic mass is 10.2. The van der Waals surface area contributed by atoms with Gasteiger partial charge < -0.3 is 4.74 Å². The summed E-state index contributed by atoms with van der Waals surface area (Å²) in [6.45, 7) is 2.24. The van der Waals surface area contributed by atoms with Crippen molar-refractivity contribution in [2.75, 3.05) is 7.11 Å². The Morgan fingerprint density at radius 1 is 1.30 bits per heavy atom. The van der Waals surface area contributed by atoms with Crippen LogP contribution in [-0.4, -0.2) is 22.2 Å². The predicted molar refractivity (Wildman–Crippen MR) is 77.6 cm³/mol. The molecule has 5 nitrogen and oxygen atoms in total. The molecule has 20 heavy (non-hydrogen) atoms. The van der Waals surface area contributed by atoms with Crippen LogP contribution >= 0.6 is 0 Å². The number of imidazole rings is 1. The Kier molecular flexibility index (Phi) is 4.08. The zero-order valence-corrected chi connectivity index (χ0v) is 11.9. The molecule has 0 saturated carbocycles. The van der Waals surface area contributed by atoms with Crippen molar-refractivity contribution >= 4 is 17.0 Å². The van der Waals surface area contributed by atoms with Crippen LogP contribution in [0, 0.1) is 0 Å². The number of ether oxygens (including phenoxy) is 1. The molecular weight excluding hydrogens is 256 g/mol. The first-order chi connectivity index (χ1) is 9.60. The van der Waals surface area contributed by atoms with E-state index in [2.05, 4.69) is 0 Å². The molecule has 0 aliphatic carbocycles. The van der Waals surface area contributed by atoms with E-state index in [1.54, 1.807) is 22.3 Å². The van der Waals surface area contributed by atoms with Crippen LogP contribution in [0.3, 0.4) is 0 Å². The highest BCUT2D eigenvalue weighted by Gasteiger charge is 2.10. The monoisotopic (exact) mass is 274 g/mol. The van der Waals surface area contributed by atoms with Crippen molar-refractivity contribution in [3.63, 3.8) is 0 Å². The highest BCUT2D eigenvalue weighted by Crippen LogP contribution is 2.12. The van der Waals surface area contributed by atoms with Gasteiger partial charge in [-0.1, -0.05) is 25.1 Å². The Morgan fingerprint density at radius 3 is 2.55 bits per heavy atom. The molecule has 1 aromatic carbocycles. The summed E-state index contributed by atoms with van der Waals surface area (Å²) < 4.78 is 7.97. The average molecular weight is 274 g/mol. The van der Waals surface area contributed by atoms with Crippen LogP contribution < -0.4 is 5.69 Å². The van der Waals surface area contributed by atoms with E-state index in [9.17, 15) is 9.59 Å². The fourth-order valence-corrected chi connectivity index (χ4v) is 2.24. The van der Waals surface area contributed by atoms with E-state index in [1.807, 2.05) is 31.2 Å². The third-order valence-electron chi connectivity index (χ3n) is 3.40. The number of hydrogen-bond acceptors (Lipinski definition) is 3. The average Bonchev–Trinajstić information content (AvgIpc) is 2.72. The van der Waals surface area contributed by atoms with Crippen LogP contribution in [0.2, 0.25) is 0 Å². The number of aromatic nitrogens is 2. The van der Waals surface area contributed by atoms with E-state index < -0.39 is 0 Å². The normalized spacial score (nSPS) is 11.8. The second-order valence-corrected chi connectivity index (χ2v) is 4.52. The molecule has 0 aliphatic heterocycles. The second-order valence-electron chi connectivity index (χ2n) is 4.52. The van der Waals surface area contributed by atoms with Gasteiger partial charge in [0.25, 0.3) is 0 Å². The number of carbonyl (C=O) groups excluding carboxylic acids is 1. The van der Waals surface area contributed by atoms with Crippen LogP contribution in [0.25, 0.3) is 11.0 Å². The minimum Gasteiger partial charge on any atom is -0.466 e. The molecule has 0 spiro atoms. The van der Waals surface area contributed by atoms with Crippen molar-refractivity contribution in [3.8, 4) is 0 Å². The molecule has 0 N–H and O–H groups in total. The summed E-state index contributed by atoms with van der Waals surface area (Å²) in [6.07, 6.45) is 2.33. The number of hydrogen-bond donors (Lipinski definition) is 0. The maximum Gasteiger partial charge on any atom is 0.333 e. The zero-order chi connectivity index (χ0) is 14.7. The van der Waals surface area contributed by atoms with Crippen molar-refractivity contribution in [2.24, 2.45) is 7.05 Å². The molecule has 0 unspecified atom stereocenters. The maximum atomic E-state index is 12.2. The van der Waals surface area contributed by atoms with Crippen LogP contribution in [0.1, 0.15) is 13.3 Å². The van der Waals surface area contributed by atoms with Gasteiger partial charge in [-0.05, 0) is 18.6 Å². The molecule has 0 radical (unpaired) electrons. The summed E-state index contributed by atoms with van der Waals surface area (Å²) in [5.74, 6) is -0.346. The number of fused-ring (bicyclic) bond motifs is 1. The molecule has 1 heterocycles. The molecule has 2 rings (SSSR count). The van der Waals surface area contributed by atoms with Gasteiger partial charge in [0.05, 0.1) is 18.1 Å². The topological polar surface area (TPSA) is 53.2 Å². The molecule has 2 aromatic rings. The number of para-hydroxylation sites is 2. The summed E-state index contributed by atoms with van der Waals surface area (Å²) in [4.78, 5) is 23.7. The quantitative estimate of drug-likeness (QED) is 0.631. The van der Waals surface area contributed by atoms with Crippen molar-refractivity contribution < 1.29 is 9.53 Å². The fourth-order valence-electron chi connectivity index (χ4n) is 2.24. The van der Waals surface area contributed by atoms with E-state index >= 15 is 0 Å². The highest BCUT2D eigenvalue weighted by atomic mass is 16.5. The predicted octanol–water partition coefficient (Wildman–Crippen LogP) is 1.85. The van der Waals surface area contributed by atoms with Crippen molar-refractivity contribution in [2.45, 2.75) is 19.9 Å². The van der Waals surface area contributed by atoms with Gasteiger partial charge in [0.1, 0.15) is 0 Å². The molecule has 0 amide bonds. The van der Waals surface area contributed by atoms with Gasteiger partial charge in [0, 0.05) is 19.2 Å². The fraction of sp³-hybridized carbons (Fsp3) is 0.333. The highest BCUT2D eigenvalue weighted by molar-refractivity contribution is 5.88. The van der Waals surface area contributed by atoms with Gasteiger partial charge in [0.15, 0.2) is 0 Å². The SMILES string of the molecule is CCC(=CCn1c(=O)n(C)c2ccccc21)C(=O)OC. The molecule has 0 bridgehead atoms. The Bertz CT molecular complexity index is 722. The van der Waals surface area contributed by atoms with Gasteiger partial charge in [-0.25, -0.2) is 9.59 Å². The van der Waals surface area contributed by atoms with E-state index in [1.165, 1.54) is 7.11 Å². The molecule has 0 saturated heterocycles. The van der Waals surface area contributed by atoms with Crippen LogP contribution in [0.4, 0.5) is 0 Å². The summed E-state index contributed by atoms with van der Waals surface area (Å²) >= 11 is 0. The Hall–Kier alpha value is -2.30. The molecule has 1 aromatic heterocycles. The lowest BCUT2D eigenvalue weighted by Crippen LogP contribution is -2.22. The number of carbonyl (C=O) groups is 1. The lowest BCUT2D eigenvalue weighted by molar-refractivity contribution is -0.136. The smallest absolute Gasteiger partial charge is 0.333 e. The van der Waals surface area contributed by atoms with E-state index in [0.717, 1.165) is 11.0 Å². The minimum atomic E-state index is -0.346. The van der Waals surface area contributed by atoms with Gasteiger partial charge in [-0.2, -0.15) is 0 Å². The van der Waals surface area contributed by atoms with E-state index in [4.69, 9.17) is 4.74 Å². The molecule has 0 atom stereocenters. The number of nitrogens with zero attached hydrogens (tertiary/aromatic N) is 2. The Balaban J connectivity index is 2.45. The number of benzene rings is 1. The third-order valence-corrected chi connectivity index (χ3v) is 3.40. The molecule has 0 fully saturated rings. The standard InChI is InChI=1S/C15H18N2O3/c1-4-11(14(18)20-3)9-10-17-13-8-6-5-7-12(13)16(2)15(17)19/h5-9H,4,10H2,1-3H3. The Morgan fingerprint density at radius 2 is 1.95 bits per heavy atom. The van der Waals surface area contributed by atoms with Crippen molar-refractivity contribution in [1.29, 1.82) is 0 Å². The summed E-state index contributed by atoms with van der Waals surface area (Å²) in [5, 5.41) is 0. The number of rotatable bonds is 4. The second kappa shape index (κ2) is 5.77. The largest absolute Gasteiger partial charge is 0.466 e. The van der Waals surface area contributed by atoms with Gasteiger partial charge >= 0.3 is 11.7 Å². The van der Waals surface area contributed by atoms with Gasteiger partial charge in [-0.3, -0.25) is 9.13 Å². The summed E-state index contributed by atoms with van der Waals surface area (Å²) in [7, 11) is 3.10. The molecule has 0 aliphatic rings. The van der Waals surface area contributed by atoms with E-state index in [0.29, 0.717) is 18.5 Å². The van der Waals surface area contributed by atoms with Crippen molar-refractivity contribution in [3.05, 3.63) is 46.4 Å². The number of methoxy groups -OCH3 is 1. The summed E-state index contributed by atoms with van der Waals surface area (Å²) in [5.41, 5.74) is 2.22. The number of allylic oxidation sites excluding steroid dienone is 1.